The number of carbonyl (C=O) groups is 1. The van der Waals surface area contributed by atoms with Crippen LogP contribution >= 0.6 is 0 Å². The average molecular weight is 237 g/mol. The number of halogens is 1. The summed E-state index contributed by atoms with van der Waals surface area (Å²) in [6.45, 7) is 0. The molecule has 0 unspecified atom stereocenters. The van der Waals surface area contributed by atoms with Crippen LogP contribution < -0.4 is 11.3 Å². The molecule has 1 saturated carbocycles. The summed E-state index contributed by atoms with van der Waals surface area (Å²) in [4.78, 5) is 15.4. The predicted octanol–water partition coefficient (Wildman–Crippen LogP) is 1.48. The molecule has 0 saturated heterocycles. The molecule has 3 N–H and O–H groups in total. The number of nitrogens with two attached hydrogens (primary N) is 1. The molecule has 0 spiro atoms. The average Bonchev–Trinajstić information content (AvgIpc) is 2.39. The summed E-state index contributed by atoms with van der Waals surface area (Å²) >= 11 is 0. The summed E-state index contributed by atoms with van der Waals surface area (Å²) in [5, 5.41) is 0. The highest BCUT2D eigenvalue weighted by atomic mass is 19.1. The van der Waals surface area contributed by atoms with Crippen molar-refractivity contribution in [2.24, 2.45) is 11.8 Å². The van der Waals surface area contributed by atoms with E-state index >= 15 is 0 Å². The molecule has 1 aliphatic rings. The zero-order chi connectivity index (χ0) is 12.3. The molecule has 1 aliphatic carbocycles. The number of hydrogen-bond donors (Lipinski definition) is 2. The topological polar surface area (TPSA) is 68.0 Å². The minimum Gasteiger partial charge on any atom is -0.294 e. The Hall–Kier alpha value is -1.49. The molecule has 0 atom stereocenters. The van der Waals surface area contributed by atoms with Gasteiger partial charge in [0.15, 0.2) is 0 Å². The molecule has 5 heteroatoms. The summed E-state index contributed by atoms with van der Waals surface area (Å²) in [7, 11) is 0. The van der Waals surface area contributed by atoms with Crippen molar-refractivity contribution in [1.29, 1.82) is 0 Å². The van der Waals surface area contributed by atoms with Crippen LogP contribution in [-0.2, 0) is 4.79 Å². The quantitative estimate of drug-likeness (QED) is 0.465. The SMILES string of the molecule is NNC(=O)C1CCC(c2ncccc2F)CC1. The number of hydrazine groups is 1. The van der Waals surface area contributed by atoms with Crippen LogP contribution in [0, 0.1) is 11.7 Å². The molecule has 2 rings (SSSR count). The van der Waals surface area contributed by atoms with E-state index in [1.807, 2.05) is 0 Å². The second kappa shape index (κ2) is 5.23. The van der Waals surface area contributed by atoms with Gasteiger partial charge in [-0.15, -0.1) is 0 Å². The lowest BCUT2D eigenvalue weighted by atomic mass is 9.80. The molecule has 0 radical (unpaired) electrons. The normalized spacial score (nSPS) is 24.4. The van der Waals surface area contributed by atoms with Crippen LogP contribution in [0.15, 0.2) is 18.3 Å². The maximum atomic E-state index is 13.5. The Kier molecular flexibility index (Phi) is 3.68. The Morgan fingerprint density at radius 3 is 2.71 bits per heavy atom. The second-order valence-electron chi connectivity index (χ2n) is 4.43. The Labute approximate surface area is 99.4 Å². The fourth-order valence-electron chi connectivity index (χ4n) is 2.45. The molecular weight excluding hydrogens is 221 g/mol. The molecule has 0 aliphatic heterocycles. The monoisotopic (exact) mass is 237 g/mol. The first-order valence-electron chi connectivity index (χ1n) is 5.83. The molecule has 0 aromatic carbocycles. The van der Waals surface area contributed by atoms with Crippen LogP contribution in [0.3, 0.4) is 0 Å². The van der Waals surface area contributed by atoms with E-state index in [1.54, 1.807) is 12.3 Å². The molecule has 4 nitrogen and oxygen atoms in total. The summed E-state index contributed by atoms with van der Waals surface area (Å²) < 4.78 is 13.5. The van der Waals surface area contributed by atoms with Gasteiger partial charge in [-0.25, -0.2) is 10.2 Å². The van der Waals surface area contributed by atoms with E-state index in [4.69, 9.17) is 5.84 Å². The van der Waals surface area contributed by atoms with Gasteiger partial charge in [0, 0.05) is 18.0 Å². The Morgan fingerprint density at radius 2 is 2.12 bits per heavy atom. The predicted molar refractivity (Wildman–Crippen MR) is 61.2 cm³/mol. The van der Waals surface area contributed by atoms with Gasteiger partial charge in [-0.1, -0.05) is 0 Å². The second-order valence-corrected chi connectivity index (χ2v) is 4.43. The molecule has 1 heterocycles. The van der Waals surface area contributed by atoms with Gasteiger partial charge >= 0.3 is 0 Å². The number of aromatic nitrogens is 1. The minimum absolute atomic E-state index is 0.0389. The van der Waals surface area contributed by atoms with Gasteiger partial charge in [0.05, 0.1) is 5.69 Å². The fraction of sp³-hybridized carbons (Fsp3) is 0.500. The van der Waals surface area contributed by atoms with Crippen molar-refractivity contribution < 1.29 is 9.18 Å². The molecular formula is C12H16FN3O. The van der Waals surface area contributed by atoms with Crippen molar-refractivity contribution in [2.75, 3.05) is 0 Å². The standard InChI is InChI=1S/C12H16FN3O/c13-10-2-1-7-15-11(10)8-3-5-9(6-4-8)12(17)16-14/h1-2,7-9H,3-6,14H2,(H,16,17). The number of amides is 1. The lowest BCUT2D eigenvalue weighted by Gasteiger charge is -2.26. The molecule has 0 bridgehead atoms. The van der Waals surface area contributed by atoms with E-state index in [-0.39, 0.29) is 23.6 Å². The zero-order valence-corrected chi connectivity index (χ0v) is 9.53. The third-order valence-electron chi connectivity index (χ3n) is 3.41. The lowest BCUT2D eigenvalue weighted by Crippen LogP contribution is -2.37. The third-order valence-corrected chi connectivity index (χ3v) is 3.41. The summed E-state index contributed by atoms with van der Waals surface area (Å²) in [5.41, 5.74) is 2.70. The van der Waals surface area contributed by atoms with Crippen LogP contribution in [0.5, 0.6) is 0 Å². The molecule has 1 amide bonds. The van der Waals surface area contributed by atoms with Gasteiger partial charge < -0.3 is 0 Å². The van der Waals surface area contributed by atoms with Gasteiger partial charge in [-0.2, -0.15) is 0 Å². The zero-order valence-electron chi connectivity index (χ0n) is 9.53. The maximum absolute atomic E-state index is 13.5. The van der Waals surface area contributed by atoms with E-state index < -0.39 is 0 Å². The van der Waals surface area contributed by atoms with Crippen molar-refractivity contribution in [1.82, 2.24) is 10.4 Å². The number of hydrogen-bond acceptors (Lipinski definition) is 3. The first-order valence-corrected chi connectivity index (χ1v) is 5.83. The van der Waals surface area contributed by atoms with Crippen LogP contribution in [-0.4, -0.2) is 10.9 Å². The van der Waals surface area contributed by atoms with E-state index in [0.717, 1.165) is 25.7 Å². The first kappa shape index (κ1) is 12.0. The van der Waals surface area contributed by atoms with E-state index in [0.29, 0.717) is 5.69 Å². The highest BCUT2D eigenvalue weighted by Gasteiger charge is 2.28. The Bertz CT molecular complexity index is 402. The molecule has 1 fully saturated rings. The summed E-state index contributed by atoms with van der Waals surface area (Å²) in [6.07, 6.45) is 4.66. The highest BCUT2D eigenvalue weighted by Crippen LogP contribution is 2.35. The van der Waals surface area contributed by atoms with Gasteiger partial charge in [0.2, 0.25) is 5.91 Å². The van der Waals surface area contributed by atoms with Crippen molar-refractivity contribution in [3.05, 3.63) is 29.8 Å². The molecule has 1 aromatic rings. The van der Waals surface area contributed by atoms with Crippen LogP contribution in [0.4, 0.5) is 4.39 Å². The number of pyridine rings is 1. The molecule has 1 aromatic heterocycles. The van der Waals surface area contributed by atoms with E-state index in [9.17, 15) is 9.18 Å². The van der Waals surface area contributed by atoms with Crippen LogP contribution in [0.2, 0.25) is 0 Å². The van der Waals surface area contributed by atoms with Crippen molar-refractivity contribution in [3.63, 3.8) is 0 Å². The minimum atomic E-state index is -0.251. The number of carbonyl (C=O) groups excluding carboxylic acids is 1. The van der Waals surface area contributed by atoms with Crippen LogP contribution in [0.25, 0.3) is 0 Å². The Morgan fingerprint density at radius 1 is 1.41 bits per heavy atom. The number of rotatable bonds is 2. The number of nitrogens with one attached hydrogen (secondary N) is 1. The molecule has 92 valence electrons. The van der Waals surface area contributed by atoms with Crippen molar-refractivity contribution in [3.8, 4) is 0 Å². The van der Waals surface area contributed by atoms with Gasteiger partial charge in [-0.05, 0) is 37.8 Å². The third kappa shape index (κ3) is 2.61. The van der Waals surface area contributed by atoms with E-state index in [1.165, 1.54) is 6.07 Å². The highest BCUT2D eigenvalue weighted by molar-refractivity contribution is 5.78. The van der Waals surface area contributed by atoms with Gasteiger partial charge in [0.25, 0.3) is 0 Å². The molecule has 17 heavy (non-hydrogen) atoms. The van der Waals surface area contributed by atoms with E-state index in [2.05, 4.69) is 10.4 Å². The first-order chi connectivity index (χ1) is 8.22. The largest absolute Gasteiger partial charge is 0.294 e. The van der Waals surface area contributed by atoms with Crippen molar-refractivity contribution >= 4 is 5.91 Å². The summed E-state index contributed by atoms with van der Waals surface area (Å²) in [5.74, 6) is 4.81. The van der Waals surface area contributed by atoms with Crippen LogP contribution in [0.1, 0.15) is 37.3 Å². The van der Waals surface area contributed by atoms with Gasteiger partial charge in [-0.3, -0.25) is 15.2 Å². The van der Waals surface area contributed by atoms with Crippen molar-refractivity contribution in [2.45, 2.75) is 31.6 Å². The fourth-order valence-corrected chi connectivity index (χ4v) is 2.45. The van der Waals surface area contributed by atoms with Gasteiger partial charge in [0.1, 0.15) is 5.82 Å². The number of nitrogens with zero attached hydrogens (tertiary/aromatic N) is 1. The Balaban J connectivity index is 2.00. The summed E-state index contributed by atoms with van der Waals surface area (Å²) in [6, 6.07) is 3.02. The maximum Gasteiger partial charge on any atom is 0.236 e. The smallest absolute Gasteiger partial charge is 0.236 e. The lowest BCUT2D eigenvalue weighted by molar-refractivity contribution is -0.126.